The molecular formula is C17H22N4O. The Morgan fingerprint density at radius 2 is 2.00 bits per heavy atom. The summed E-state index contributed by atoms with van der Waals surface area (Å²) in [5, 5.41) is 8.43. The highest BCUT2D eigenvalue weighted by Gasteiger charge is 2.45. The number of carbonyl (C=O) groups is 1. The molecule has 2 N–H and O–H groups in total. The second-order valence-corrected chi connectivity index (χ2v) is 6.58. The van der Waals surface area contributed by atoms with E-state index in [4.69, 9.17) is 5.73 Å². The van der Waals surface area contributed by atoms with E-state index in [2.05, 4.69) is 10.3 Å². The summed E-state index contributed by atoms with van der Waals surface area (Å²) >= 11 is 0. The van der Waals surface area contributed by atoms with Crippen molar-refractivity contribution in [1.29, 1.82) is 0 Å². The molecule has 0 saturated heterocycles. The van der Waals surface area contributed by atoms with Gasteiger partial charge in [0, 0.05) is 23.4 Å². The van der Waals surface area contributed by atoms with E-state index >= 15 is 0 Å². The summed E-state index contributed by atoms with van der Waals surface area (Å²) in [5.74, 6) is 0.438. The van der Waals surface area contributed by atoms with Crippen LogP contribution in [-0.4, -0.2) is 20.8 Å². The molecule has 0 aliphatic heterocycles. The van der Waals surface area contributed by atoms with E-state index in [9.17, 15) is 4.79 Å². The van der Waals surface area contributed by atoms with Gasteiger partial charge in [-0.15, -0.1) is 5.10 Å². The third-order valence-electron chi connectivity index (χ3n) is 4.58. The van der Waals surface area contributed by atoms with Gasteiger partial charge in [-0.2, -0.15) is 0 Å². The van der Waals surface area contributed by atoms with Gasteiger partial charge in [0.2, 0.25) is 0 Å². The van der Waals surface area contributed by atoms with Crippen molar-refractivity contribution in [1.82, 2.24) is 15.0 Å². The minimum Gasteiger partial charge on any atom is -0.399 e. The smallest absolute Gasteiger partial charge is 0.141 e. The van der Waals surface area contributed by atoms with Gasteiger partial charge in [-0.3, -0.25) is 4.79 Å². The monoisotopic (exact) mass is 298 g/mol. The zero-order chi connectivity index (χ0) is 15.7. The first kappa shape index (κ1) is 14.8. The van der Waals surface area contributed by atoms with Gasteiger partial charge in [-0.25, -0.2) is 4.68 Å². The Labute approximate surface area is 130 Å². The fraction of sp³-hybridized carbons (Fsp3) is 0.471. The molecule has 1 saturated carbocycles. The Morgan fingerprint density at radius 3 is 2.55 bits per heavy atom. The van der Waals surface area contributed by atoms with Crippen molar-refractivity contribution < 1.29 is 4.79 Å². The number of anilines is 1. The number of nitrogens with two attached hydrogens (primary N) is 1. The lowest BCUT2D eigenvalue weighted by Crippen LogP contribution is -2.42. The van der Waals surface area contributed by atoms with Crippen molar-refractivity contribution in [2.45, 2.75) is 39.5 Å². The Bertz CT molecular complexity index is 668. The van der Waals surface area contributed by atoms with Crippen LogP contribution in [0, 0.1) is 11.3 Å². The maximum atomic E-state index is 12.5. The van der Waals surface area contributed by atoms with Crippen molar-refractivity contribution >= 4 is 11.5 Å². The SMILES string of the molecule is CC(C)C(=O)C1(Cc2cn(-c3ccc(N)cc3)nn2)CCC1. The summed E-state index contributed by atoms with van der Waals surface area (Å²) in [5.41, 5.74) is 8.01. The topological polar surface area (TPSA) is 73.8 Å². The van der Waals surface area contributed by atoms with Gasteiger partial charge in [-0.1, -0.05) is 25.5 Å². The standard InChI is InChI=1S/C17H22N4O/c1-12(2)16(22)17(8-3-9-17)10-14-11-21(20-19-14)15-6-4-13(18)5-7-15/h4-7,11-12H,3,8-10,18H2,1-2H3. The molecule has 116 valence electrons. The van der Waals surface area contributed by atoms with Crippen LogP contribution in [0.5, 0.6) is 0 Å². The molecule has 0 unspecified atom stereocenters. The number of carbonyl (C=O) groups excluding carboxylic acids is 1. The fourth-order valence-electron chi connectivity index (χ4n) is 3.21. The third kappa shape index (κ3) is 2.63. The summed E-state index contributed by atoms with van der Waals surface area (Å²) in [6, 6.07) is 7.50. The van der Waals surface area contributed by atoms with Crippen LogP contribution in [0.25, 0.3) is 5.69 Å². The van der Waals surface area contributed by atoms with Crippen LogP contribution in [0.1, 0.15) is 38.8 Å². The average molecular weight is 298 g/mol. The normalized spacial score (nSPS) is 16.5. The van der Waals surface area contributed by atoms with E-state index in [1.165, 1.54) is 0 Å². The van der Waals surface area contributed by atoms with E-state index in [0.717, 1.165) is 36.3 Å². The largest absolute Gasteiger partial charge is 0.399 e. The minimum absolute atomic E-state index is 0.0763. The molecule has 1 fully saturated rings. The lowest BCUT2D eigenvalue weighted by Gasteiger charge is -2.41. The lowest BCUT2D eigenvalue weighted by molar-refractivity contribution is -0.136. The minimum atomic E-state index is -0.212. The van der Waals surface area contributed by atoms with Gasteiger partial charge in [0.1, 0.15) is 5.78 Å². The second kappa shape index (κ2) is 5.55. The predicted octanol–water partition coefficient (Wildman–Crippen LogP) is 2.79. The van der Waals surface area contributed by atoms with Gasteiger partial charge in [0.25, 0.3) is 0 Å². The van der Waals surface area contributed by atoms with Crippen LogP contribution >= 0.6 is 0 Å². The number of hydrogen-bond donors (Lipinski definition) is 1. The van der Waals surface area contributed by atoms with Crippen LogP contribution in [-0.2, 0) is 11.2 Å². The van der Waals surface area contributed by atoms with Gasteiger partial charge in [0.15, 0.2) is 0 Å². The molecule has 0 bridgehead atoms. The highest BCUT2D eigenvalue weighted by molar-refractivity contribution is 5.87. The quantitative estimate of drug-likeness (QED) is 0.861. The number of ketones is 1. The fourth-order valence-corrected chi connectivity index (χ4v) is 3.21. The molecule has 1 aliphatic rings. The number of hydrogen-bond acceptors (Lipinski definition) is 4. The number of nitrogen functional groups attached to an aromatic ring is 1. The highest BCUT2D eigenvalue weighted by Crippen LogP contribution is 2.45. The van der Waals surface area contributed by atoms with Gasteiger partial charge < -0.3 is 5.73 Å². The number of rotatable bonds is 5. The van der Waals surface area contributed by atoms with Crippen LogP contribution in [0.15, 0.2) is 30.5 Å². The predicted molar refractivity (Wildman–Crippen MR) is 85.6 cm³/mol. The molecule has 1 heterocycles. The molecule has 1 aromatic heterocycles. The summed E-state index contributed by atoms with van der Waals surface area (Å²) in [4.78, 5) is 12.5. The molecule has 3 rings (SSSR count). The zero-order valence-electron chi connectivity index (χ0n) is 13.1. The van der Waals surface area contributed by atoms with E-state index in [1.807, 2.05) is 44.3 Å². The Morgan fingerprint density at radius 1 is 1.32 bits per heavy atom. The third-order valence-corrected chi connectivity index (χ3v) is 4.58. The Hall–Kier alpha value is -2.17. The first-order chi connectivity index (χ1) is 10.5. The maximum absolute atomic E-state index is 12.5. The molecule has 0 amide bonds. The van der Waals surface area contributed by atoms with E-state index in [-0.39, 0.29) is 11.3 Å². The molecular weight excluding hydrogens is 276 g/mol. The van der Waals surface area contributed by atoms with Crippen LogP contribution < -0.4 is 5.73 Å². The van der Waals surface area contributed by atoms with E-state index in [0.29, 0.717) is 12.2 Å². The molecule has 22 heavy (non-hydrogen) atoms. The lowest BCUT2D eigenvalue weighted by atomic mass is 9.61. The second-order valence-electron chi connectivity index (χ2n) is 6.58. The Balaban J connectivity index is 1.79. The summed E-state index contributed by atoms with van der Waals surface area (Å²) in [6.45, 7) is 3.96. The van der Waals surface area contributed by atoms with Crippen LogP contribution in [0.2, 0.25) is 0 Å². The van der Waals surface area contributed by atoms with Gasteiger partial charge >= 0.3 is 0 Å². The first-order valence-corrected chi connectivity index (χ1v) is 7.82. The highest BCUT2D eigenvalue weighted by atomic mass is 16.1. The molecule has 0 spiro atoms. The van der Waals surface area contributed by atoms with Gasteiger partial charge in [-0.05, 0) is 37.1 Å². The number of nitrogens with zero attached hydrogens (tertiary/aromatic N) is 3. The van der Waals surface area contributed by atoms with E-state index < -0.39 is 0 Å². The number of Topliss-reactive ketones (excluding diaryl/α,β-unsaturated/α-hetero) is 1. The molecule has 1 aromatic carbocycles. The summed E-state index contributed by atoms with van der Waals surface area (Å²) in [6.07, 6.45) is 5.68. The number of benzene rings is 1. The molecule has 0 radical (unpaired) electrons. The summed E-state index contributed by atoms with van der Waals surface area (Å²) in [7, 11) is 0. The molecule has 0 atom stereocenters. The van der Waals surface area contributed by atoms with Crippen LogP contribution in [0.4, 0.5) is 5.69 Å². The number of aromatic nitrogens is 3. The van der Waals surface area contributed by atoms with Gasteiger partial charge in [0.05, 0.1) is 17.6 Å². The Kier molecular flexibility index (Phi) is 3.72. The van der Waals surface area contributed by atoms with Crippen molar-refractivity contribution in [3.8, 4) is 5.69 Å². The molecule has 1 aliphatic carbocycles. The van der Waals surface area contributed by atoms with Crippen LogP contribution in [0.3, 0.4) is 0 Å². The van der Waals surface area contributed by atoms with E-state index in [1.54, 1.807) is 4.68 Å². The molecule has 5 heteroatoms. The van der Waals surface area contributed by atoms with Crippen molar-refractivity contribution in [3.63, 3.8) is 0 Å². The van der Waals surface area contributed by atoms with Crippen molar-refractivity contribution in [2.24, 2.45) is 11.3 Å². The summed E-state index contributed by atoms with van der Waals surface area (Å²) < 4.78 is 1.74. The van der Waals surface area contributed by atoms with Crippen molar-refractivity contribution in [3.05, 3.63) is 36.2 Å². The molecule has 2 aromatic rings. The first-order valence-electron chi connectivity index (χ1n) is 7.82. The zero-order valence-corrected chi connectivity index (χ0v) is 13.1. The maximum Gasteiger partial charge on any atom is 0.141 e. The average Bonchev–Trinajstić information content (AvgIpc) is 2.91. The molecule has 5 nitrogen and oxygen atoms in total. The van der Waals surface area contributed by atoms with Crippen molar-refractivity contribution in [2.75, 3.05) is 5.73 Å².